The molecule has 0 aliphatic rings. The van der Waals surface area contributed by atoms with Gasteiger partial charge in [0, 0.05) is 17.1 Å². The van der Waals surface area contributed by atoms with E-state index in [1.54, 1.807) is 0 Å². The Hall–Kier alpha value is -4.10. The molecule has 33 heavy (non-hydrogen) atoms. The van der Waals surface area contributed by atoms with Gasteiger partial charge in [0.15, 0.2) is 0 Å². The second-order valence-corrected chi connectivity index (χ2v) is 8.14. The molecule has 3 aromatic rings. The second kappa shape index (κ2) is 11.0. The van der Waals surface area contributed by atoms with E-state index in [0.29, 0.717) is 0 Å². The number of nitrogens with zero attached hydrogens (tertiary/aromatic N) is 1. The maximum atomic E-state index is 4.35. The molecule has 1 nitrogen and oxygen atoms in total. The lowest BCUT2D eigenvalue weighted by Gasteiger charge is -2.26. The molecule has 0 fully saturated rings. The third-order valence-electron chi connectivity index (χ3n) is 5.27. The Morgan fingerprint density at radius 3 is 1.64 bits per heavy atom. The molecule has 0 bridgehead atoms. The highest BCUT2D eigenvalue weighted by molar-refractivity contribution is 5.73. The Labute approximate surface area is 198 Å². The molecule has 3 aromatic carbocycles. The van der Waals surface area contributed by atoms with Gasteiger partial charge in [0.25, 0.3) is 0 Å². The van der Waals surface area contributed by atoms with Crippen LogP contribution < -0.4 is 4.90 Å². The summed E-state index contributed by atoms with van der Waals surface area (Å²) in [5.41, 5.74) is 9.17. The minimum atomic E-state index is 0.830. The van der Waals surface area contributed by atoms with Crippen LogP contribution in [0.25, 0.3) is 11.1 Å². The summed E-state index contributed by atoms with van der Waals surface area (Å²) in [5, 5.41) is 0. The van der Waals surface area contributed by atoms with Crippen molar-refractivity contribution in [3.05, 3.63) is 157 Å². The lowest BCUT2D eigenvalue weighted by molar-refractivity contribution is 1.21. The van der Waals surface area contributed by atoms with Gasteiger partial charge in [0.1, 0.15) is 0 Å². The van der Waals surface area contributed by atoms with Crippen LogP contribution in [0.3, 0.4) is 0 Å². The lowest BCUT2D eigenvalue weighted by Crippen LogP contribution is -2.14. The highest BCUT2D eigenvalue weighted by atomic mass is 15.1. The Kier molecular flexibility index (Phi) is 7.83. The van der Waals surface area contributed by atoms with E-state index < -0.39 is 0 Å². The second-order valence-electron chi connectivity index (χ2n) is 8.14. The van der Waals surface area contributed by atoms with Crippen molar-refractivity contribution in [2.24, 2.45) is 0 Å². The summed E-state index contributed by atoms with van der Waals surface area (Å²) < 4.78 is 0. The summed E-state index contributed by atoms with van der Waals surface area (Å²) in [6, 6.07) is 27.4. The van der Waals surface area contributed by atoms with Gasteiger partial charge in [-0.3, -0.25) is 0 Å². The number of aryl methyl sites for hydroxylation is 1. The first-order chi connectivity index (χ1) is 15.8. The summed E-state index contributed by atoms with van der Waals surface area (Å²) in [5.74, 6) is 0. The van der Waals surface area contributed by atoms with Crippen LogP contribution in [0.5, 0.6) is 0 Å². The van der Waals surface area contributed by atoms with Crippen LogP contribution in [0.15, 0.2) is 152 Å². The number of hydrogen-bond acceptors (Lipinski definition) is 1. The molecule has 0 atom stereocenters. The summed E-state index contributed by atoms with van der Waals surface area (Å²) >= 11 is 0. The lowest BCUT2D eigenvalue weighted by atomic mass is 10.0. The van der Waals surface area contributed by atoms with Crippen LogP contribution in [-0.2, 0) is 0 Å². The van der Waals surface area contributed by atoms with Gasteiger partial charge in [-0.05, 0) is 66.5 Å². The van der Waals surface area contributed by atoms with Gasteiger partial charge in [-0.2, -0.15) is 0 Å². The third kappa shape index (κ3) is 6.44. The summed E-state index contributed by atoms with van der Waals surface area (Å²) in [6.07, 6.45) is 7.79. The van der Waals surface area contributed by atoms with Crippen LogP contribution in [0.4, 0.5) is 11.4 Å². The summed E-state index contributed by atoms with van der Waals surface area (Å²) in [7, 11) is 0. The quantitative estimate of drug-likeness (QED) is 0.307. The van der Waals surface area contributed by atoms with Crippen LogP contribution >= 0.6 is 0 Å². The molecule has 0 amide bonds. The maximum Gasteiger partial charge on any atom is 0.0461 e. The number of allylic oxidation sites excluding steroid dienone is 7. The van der Waals surface area contributed by atoms with E-state index in [1.807, 2.05) is 37.3 Å². The Bertz CT molecular complexity index is 1200. The van der Waals surface area contributed by atoms with Gasteiger partial charge in [-0.1, -0.05) is 110 Å². The van der Waals surface area contributed by atoms with E-state index in [4.69, 9.17) is 0 Å². The molecule has 0 unspecified atom stereocenters. The zero-order valence-corrected chi connectivity index (χ0v) is 19.6. The van der Waals surface area contributed by atoms with Crippen LogP contribution in [0.1, 0.15) is 12.5 Å². The van der Waals surface area contributed by atoms with Gasteiger partial charge >= 0.3 is 0 Å². The number of rotatable bonds is 9. The molecule has 0 aromatic heterocycles. The normalized spacial score (nSPS) is 11.0. The highest BCUT2D eigenvalue weighted by Gasteiger charge is 2.12. The maximum absolute atomic E-state index is 4.35. The number of anilines is 2. The van der Waals surface area contributed by atoms with Crippen molar-refractivity contribution in [2.45, 2.75) is 13.8 Å². The van der Waals surface area contributed by atoms with Crippen molar-refractivity contribution in [2.75, 3.05) is 4.90 Å². The van der Waals surface area contributed by atoms with Gasteiger partial charge in [0.2, 0.25) is 0 Å². The smallest absolute Gasteiger partial charge is 0.0461 e. The van der Waals surface area contributed by atoms with Gasteiger partial charge in [-0.15, -0.1) is 0 Å². The molecule has 3 rings (SSSR count). The van der Waals surface area contributed by atoms with Crippen LogP contribution in [-0.4, -0.2) is 0 Å². The first kappa shape index (κ1) is 23.6. The van der Waals surface area contributed by atoms with Crippen molar-refractivity contribution in [3.8, 4) is 11.1 Å². The van der Waals surface area contributed by atoms with Gasteiger partial charge in [0.05, 0.1) is 0 Å². The first-order valence-electron chi connectivity index (χ1n) is 11.0. The van der Waals surface area contributed by atoms with E-state index >= 15 is 0 Å². The van der Waals surface area contributed by atoms with Crippen LogP contribution in [0.2, 0.25) is 0 Å². The molecular formula is C32H31N. The first-order valence-corrected chi connectivity index (χ1v) is 11.0. The van der Waals surface area contributed by atoms with E-state index in [9.17, 15) is 0 Å². The zero-order valence-electron chi connectivity index (χ0n) is 19.6. The van der Waals surface area contributed by atoms with E-state index in [2.05, 4.69) is 111 Å². The molecule has 0 aliphatic heterocycles. The minimum Gasteiger partial charge on any atom is -0.311 e. The van der Waals surface area contributed by atoms with Crippen molar-refractivity contribution >= 4 is 11.4 Å². The largest absolute Gasteiger partial charge is 0.311 e. The fourth-order valence-corrected chi connectivity index (χ4v) is 3.34. The Balaban J connectivity index is 1.89. The van der Waals surface area contributed by atoms with Crippen LogP contribution in [0, 0.1) is 6.92 Å². The fraction of sp³-hybridized carbons (Fsp3) is 0.0625. The van der Waals surface area contributed by atoms with Crippen molar-refractivity contribution in [1.82, 2.24) is 0 Å². The summed E-state index contributed by atoms with van der Waals surface area (Å²) in [6.45, 7) is 20.5. The Morgan fingerprint density at radius 2 is 1.09 bits per heavy atom. The standard InChI is InChI=1S/C32H31N/c1-24(2)12-15-26(4)27(5)16-17-28(6)33(31-20-13-25(3)14-21-31)32-22-18-30(19-23-32)29-10-8-7-9-11-29/h7-23H,1,4-6H2,2-3H3/b15-12-,17-16-. The molecule has 0 saturated heterocycles. The minimum absolute atomic E-state index is 0.830. The molecular weight excluding hydrogens is 398 g/mol. The summed E-state index contributed by atoms with van der Waals surface area (Å²) in [4.78, 5) is 2.14. The number of benzene rings is 3. The number of hydrogen-bond donors (Lipinski definition) is 0. The monoisotopic (exact) mass is 429 g/mol. The Morgan fingerprint density at radius 1 is 0.606 bits per heavy atom. The van der Waals surface area contributed by atoms with Crippen molar-refractivity contribution < 1.29 is 0 Å². The molecule has 0 N–H and O–H groups in total. The molecule has 0 radical (unpaired) electrons. The SMILES string of the molecule is C=C(C)/C=C\C(=C)C(=C)/C=C\C(=C)N(c1ccc(C)cc1)c1ccc(-c2ccccc2)cc1. The third-order valence-corrected chi connectivity index (χ3v) is 5.27. The highest BCUT2D eigenvalue weighted by Crippen LogP contribution is 2.32. The molecule has 1 heteroatoms. The molecule has 164 valence electrons. The van der Waals surface area contributed by atoms with Gasteiger partial charge in [-0.25, -0.2) is 0 Å². The van der Waals surface area contributed by atoms with E-state index in [0.717, 1.165) is 33.8 Å². The molecule has 0 heterocycles. The van der Waals surface area contributed by atoms with Crippen molar-refractivity contribution in [1.29, 1.82) is 0 Å². The van der Waals surface area contributed by atoms with Crippen molar-refractivity contribution in [3.63, 3.8) is 0 Å². The predicted octanol–water partition coefficient (Wildman–Crippen LogP) is 9.11. The molecule has 0 spiro atoms. The molecule has 0 saturated carbocycles. The van der Waals surface area contributed by atoms with Gasteiger partial charge < -0.3 is 4.90 Å². The zero-order chi connectivity index (χ0) is 23.8. The molecule has 0 aliphatic carbocycles. The average molecular weight is 430 g/mol. The van der Waals surface area contributed by atoms with E-state index in [1.165, 1.54) is 16.7 Å². The average Bonchev–Trinajstić information content (AvgIpc) is 2.83. The topological polar surface area (TPSA) is 3.24 Å². The van der Waals surface area contributed by atoms with E-state index in [-0.39, 0.29) is 0 Å². The predicted molar refractivity (Wildman–Crippen MR) is 146 cm³/mol. The fourth-order valence-electron chi connectivity index (χ4n) is 3.34.